The van der Waals surface area contributed by atoms with Crippen molar-refractivity contribution in [1.82, 2.24) is 4.90 Å². The van der Waals surface area contributed by atoms with Crippen LogP contribution in [0.3, 0.4) is 0 Å². The Morgan fingerprint density at radius 3 is 2.92 bits per heavy atom. The lowest BCUT2D eigenvalue weighted by Gasteiger charge is -2.30. The number of methoxy groups -OCH3 is 1. The van der Waals surface area contributed by atoms with Crippen molar-refractivity contribution in [2.24, 2.45) is 0 Å². The average molecular weight is 340 g/mol. The Morgan fingerprint density at radius 1 is 1.28 bits per heavy atom. The normalized spacial score (nSPS) is 17.9. The van der Waals surface area contributed by atoms with E-state index in [1.165, 1.54) is 0 Å². The van der Waals surface area contributed by atoms with Crippen LogP contribution in [0.2, 0.25) is 0 Å². The van der Waals surface area contributed by atoms with E-state index < -0.39 is 0 Å². The van der Waals surface area contributed by atoms with E-state index in [4.69, 9.17) is 4.74 Å². The number of piperidine rings is 1. The van der Waals surface area contributed by atoms with Crippen LogP contribution in [0.4, 0.5) is 5.69 Å². The van der Waals surface area contributed by atoms with Gasteiger partial charge in [0, 0.05) is 30.4 Å². The number of hydrogen-bond acceptors (Lipinski definition) is 4. The molecule has 0 bridgehead atoms. The van der Waals surface area contributed by atoms with Crippen molar-refractivity contribution in [3.05, 3.63) is 59.7 Å². The number of amides is 1. The van der Waals surface area contributed by atoms with Crippen LogP contribution >= 0.6 is 0 Å². The summed E-state index contributed by atoms with van der Waals surface area (Å²) in [7, 11) is 1.60. The molecule has 1 fully saturated rings. The lowest BCUT2D eigenvalue weighted by Crippen LogP contribution is -2.37. The number of nitrogens with zero attached hydrogens (tertiary/aromatic N) is 1. The van der Waals surface area contributed by atoms with Gasteiger partial charge in [0.15, 0.2) is 0 Å². The highest BCUT2D eigenvalue weighted by molar-refractivity contribution is 6.04. The highest BCUT2D eigenvalue weighted by Gasteiger charge is 2.18. The first kappa shape index (κ1) is 17.5. The number of aliphatic hydroxyl groups is 1. The lowest BCUT2D eigenvalue weighted by atomic mass is 10.1. The SMILES string of the molecule is COc1cccc(NC(=O)c2cccc(CN3CCC[C@H](O)C3)c2)c1. The summed E-state index contributed by atoms with van der Waals surface area (Å²) >= 11 is 0. The molecule has 0 aliphatic carbocycles. The second-order valence-corrected chi connectivity index (χ2v) is 6.42. The fourth-order valence-corrected chi connectivity index (χ4v) is 3.15. The fourth-order valence-electron chi connectivity index (χ4n) is 3.15. The third-order valence-corrected chi connectivity index (χ3v) is 4.40. The van der Waals surface area contributed by atoms with Gasteiger partial charge in [-0.2, -0.15) is 0 Å². The smallest absolute Gasteiger partial charge is 0.255 e. The van der Waals surface area contributed by atoms with Crippen LogP contribution < -0.4 is 10.1 Å². The predicted molar refractivity (Wildman–Crippen MR) is 97.9 cm³/mol. The minimum Gasteiger partial charge on any atom is -0.497 e. The van der Waals surface area contributed by atoms with E-state index in [0.29, 0.717) is 23.5 Å². The van der Waals surface area contributed by atoms with E-state index in [-0.39, 0.29) is 12.0 Å². The molecule has 2 aromatic carbocycles. The highest BCUT2D eigenvalue weighted by atomic mass is 16.5. The van der Waals surface area contributed by atoms with Crippen molar-refractivity contribution < 1.29 is 14.6 Å². The molecule has 0 spiro atoms. The van der Waals surface area contributed by atoms with Gasteiger partial charge in [-0.3, -0.25) is 9.69 Å². The van der Waals surface area contributed by atoms with Crippen LogP contribution in [0.15, 0.2) is 48.5 Å². The van der Waals surface area contributed by atoms with Crippen LogP contribution in [0.1, 0.15) is 28.8 Å². The van der Waals surface area contributed by atoms with Crippen molar-refractivity contribution in [1.29, 1.82) is 0 Å². The maximum absolute atomic E-state index is 12.5. The van der Waals surface area contributed by atoms with Crippen molar-refractivity contribution >= 4 is 11.6 Å². The molecule has 0 aromatic heterocycles. The zero-order valence-corrected chi connectivity index (χ0v) is 14.4. The molecule has 1 aliphatic heterocycles. The van der Waals surface area contributed by atoms with Crippen LogP contribution in [-0.2, 0) is 6.54 Å². The van der Waals surface area contributed by atoms with Crippen LogP contribution in [0, 0.1) is 0 Å². The molecule has 2 N–H and O–H groups in total. The van der Waals surface area contributed by atoms with Gasteiger partial charge in [0.25, 0.3) is 5.91 Å². The quantitative estimate of drug-likeness (QED) is 0.879. The Balaban J connectivity index is 1.66. The largest absolute Gasteiger partial charge is 0.497 e. The Kier molecular flexibility index (Phi) is 5.68. The topological polar surface area (TPSA) is 61.8 Å². The molecular formula is C20H24N2O3. The molecule has 1 heterocycles. The van der Waals surface area contributed by atoms with Crippen molar-refractivity contribution in [3.63, 3.8) is 0 Å². The third-order valence-electron chi connectivity index (χ3n) is 4.40. The molecule has 1 saturated heterocycles. The van der Waals surface area contributed by atoms with Crippen LogP contribution in [-0.4, -0.2) is 42.2 Å². The molecule has 132 valence electrons. The zero-order chi connectivity index (χ0) is 17.6. The fraction of sp³-hybridized carbons (Fsp3) is 0.350. The number of carbonyl (C=O) groups is 1. The van der Waals surface area contributed by atoms with Gasteiger partial charge in [0.1, 0.15) is 5.75 Å². The molecule has 2 aromatic rings. The van der Waals surface area contributed by atoms with Gasteiger partial charge in [-0.15, -0.1) is 0 Å². The number of nitrogens with one attached hydrogen (secondary N) is 1. The number of aliphatic hydroxyl groups excluding tert-OH is 1. The summed E-state index contributed by atoms with van der Waals surface area (Å²) in [6, 6.07) is 14.9. The van der Waals surface area contributed by atoms with E-state index in [1.807, 2.05) is 42.5 Å². The molecule has 1 amide bonds. The van der Waals surface area contributed by atoms with Crippen molar-refractivity contribution in [2.45, 2.75) is 25.5 Å². The number of ether oxygens (including phenoxy) is 1. The average Bonchev–Trinajstić information content (AvgIpc) is 2.62. The van der Waals surface area contributed by atoms with E-state index in [1.54, 1.807) is 13.2 Å². The van der Waals surface area contributed by atoms with Crippen molar-refractivity contribution in [2.75, 3.05) is 25.5 Å². The first-order chi connectivity index (χ1) is 12.1. The van der Waals surface area contributed by atoms with Gasteiger partial charge in [-0.05, 0) is 49.2 Å². The molecule has 1 atom stereocenters. The Hall–Kier alpha value is -2.37. The number of likely N-dealkylation sites (tertiary alicyclic amines) is 1. The second-order valence-electron chi connectivity index (χ2n) is 6.42. The molecule has 5 nitrogen and oxygen atoms in total. The Labute approximate surface area is 148 Å². The zero-order valence-electron chi connectivity index (χ0n) is 14.4. The predicted octanol–water partition coefficient (Wildman–Crippen LogP) is 2.90. The lowest BCUT2D eigenvalue weighted by molar-refractivity contribution is 0.0668. The molecular weight excluding hydrogens is 316 g/mol. The summed E-state index contributed by atoms with van der Waals surface area (Å²) in [5, 5.41) is 12.7. The molecule has 0 radical (unpaired) electrons. The van der Waals surface area contributed by atoms with E-state index >= 15 is 0 Å². The standard InChI is InChI=1S/C20H24N2O3/c1-25-19-9-3-7-17(12-19)21-20(24)16-6-2-5-15(11-16)13-22-10-4-8-18(23)14-22/h2-3,5-7,9,11-12,18,23H,4,8,10,13-14H2,1H3,(H,21,24)/t18-/m0/s1. The maximum Gasteiger partial charge on any atom is 0.255 e. The first-order valence-corrected chi connectivity index (χ1v) is 8.59. The van der Waals surface area contributed by atoms with Gasteiger partial charge in [-0.1, -0.05) is 18.2 Å². The first-order valence-electron chi connectivity index (χ1n) is 8.59. The van der Waals surface area contributed by atoms with Gasteiger partial charge < -0.3 is 15.2 Å². The molecule has 1 aliphatic rings. The summed E-state index contributed by atoms with van der Waals surface area (Å²) in [5.41, 5.74) is 2.40. The summed E-state index contributed by atoms with van der Waals surface area (Å²) in [5.74, 6) is 0.559. The number of carbonyl (C=O) groups excluding carboxylic acids is 1. The maximum atomic E-state index is 12.5. The number of hydrogen-bond donors (Lipinski definition) is 2. The highest BCUT2D eigenvalue weighted by Crippen LogP contribution is 2.19. The van der Waals surface area contributed by atoms with Gasteiger partial charge in [0.2, 0.25) is 0 Å². The van der Waals surface area contributed by atoms with Gasteiger partial charge in [0.05, 0.1) is 13.2 Å². The Bertz CT molecular complexity index is 732. The number of benzene rings is 2. The summed E-state index contributed by atoms with van der Waals surface area (Å²) in [6.45, 7) is 2.43. The molecule has 3 rings (SSSR count). The number of rotatable bonds is 5. The second kappa shape index (κ2) is 8.14. The molecule has 0 saturated carbocycles. The molecule has 5 heteroatoms. The summed E-state index contributed by atoms with van der Waals surface area (Å²) in [6.07, 6.45) is 1.64. The number of β-amino-alcohol motifs (C(OH)–C–C–N with tert-alkyl or cyclic N) is 1. The van der Waals surface area contributed by atoms with Crippen LogP contribution in [0.25, 0.3) is 0 Å². The molecule has 25 heavy (non-hydrogen) atoms. The van der Waals surface area contributed by atoms with Crippen LogP contribution in [0.5, 0.6) is 5.75 Å². The van der Waals surface area contributed by atoms with E-state index in [0.717, 1.165) is 31.5 Å². The third kappa shape index (κ3) is 4.81. The summed E-state index contributed by atoms with van der Waals surface area (Å²) < 4.78 is 5.18. The van der Waals surface area contributed by atoms with E-state index in [9.17, 15) is 9.90 Å². The minimum absolute atomic E-state index is 0.145. The van der Waals surface area contributed by atoms with Gasteiger partial charge >= 0.3 is 0 Å². The van der Waals surface area contributed by atoms with E-state index in [2.05, 4.69) is 10.2 Å². The summed E-state index contributed by atoms with van der Waals surface area (Å²) in [4.78, 5) is 14.7. The van der Waals surface area contributed by atoms with Crippen molar-refractivity contribution in [3.8, 4) is 5.75 Å². The van der Waals surface area contributed by atoms with Gasteiger partial charge in [-0.25, -0.2) is 0 Å². The number of anilines is 1. The monoisotopic (exact) mass is 340 g/mol. The Morgan fingerprint density at radius 2 is 2.12 bits per heavy atom. The minimum atomic E-state index is -0.242. The molecule has 0 unspecified atom stereocenters.